The number of carbonyl (C=O) groups excluding carboxylic acids is 2. The van der Waals surface area contributed by atoms with Crippen LogP contribution in [0.2, 0.25) is 0 Å². The van der Waals surface area contributed by atoms with E-state index >= 15 is 4.39 Å². The third kappa shape index (κ3) is 6.76. The van der Waals surface area contributed by atoms with E-state index in [0.29, 0.717) is 35.0 Å². The first-order valence-electron chi connectivity index (χ1n) is 18.5. The van der Waals surface area contributed by atoms with Crippen LogP contribution in [0.15, 0.2) is 89.2 Å². The molecule has 17 nitrogen and oxygen atoms in total. The van der Waals surface area contributed by atoms with Crippen molar-refractivity contribution in [3.63, 3.8) is 0 Å². The Hall–Kier alpha value is -6.73. The van der Waals surface area contributed by atoms with E-state index in [-0.39, 0.29) is 52.3 Å². The van der Waals surface area contributed by atoms with E-state index in [2.05, 4.69) is 52.0 Å². The summed E-state index contributed by atoms with van der Waals surface area (Å²) in [5.41, 5.74) is 4.36. The predicted molar refractivity (Wildman–Crippen MR) is 210 cm³/mol. The van der Waals surface area contributed by atoms with Crippen LogP contribution in [0.25, 0.3) is 27.8 Å². The molecule has 2 fully saturated rings. The van der Waals surface area contributed by atoms with Crippen LogP contribution in [0.5, 0.6) is 5.75 Å². The summed E-state index contributed by atoms with van der Waals surface area (Å²) in [7, 11) is -2.23. The lowest BCUT2D eigenvalue weighted by Gasteiger charge is -2.39. The van der Waals surface area contributed by atoms with E-state index in [0.717, 1.165) is 41.2 Å². The number of halogens is 1. The highest BCUT2D eigenvalue weighted by atomic mass is 32.2. The Morgan fingerprint density at radius 3 is 2.62 bits per heavy atom. The number of benzene rings is 3. The zero-order valence-electron chi connectivity index (χ0n) is 31.5. The van der Waals surface area contributed by atoms with E-state index in [9.17, 15) is 18.0 Å². The number of sulfone groups is 1. The molecule has 0 aliphatic carbocycles. The van der Waals surface area contributed by atoms with Gasteiger partial charge in [0.05, 0.1) is 33.3 Å². The van der Waals surface area contributed by atoms with Crippen molar-refractivity contribution in [1.82, 2.24) is 49.8 Å². The molecule has 6 heterocycles. The van der Waals surface area contributed by atoms with Gasteiger partial charge >= 0.3 is 6.03 Å². The van der Waals surface area contributed by atoms with Gasteiger partial charge in [-0.3, -0.25) is 29.7 Å². The number of nitrogens with zero attached hydrogens (tertiary/aromatic N) is 9. The molecule has 0 radical (unpaired) electrons. The number of hydrogen-bond donors (Lipinski definition) is 3. The van der Waals surface area contributed by atoms with Gasteiger partial charge in [-0.05, 0) is 67.4 Å². The van der Waals surface area contributed by atoms with Crippen molar-refractivity contribution in [2.75, 3.05) is 29.9 Å². The fourth-order valence-electron chi connectivity index (χ4n) is 7.29. The predicted octanol–water partition coefficient (Wildman–Crippen LogP) is 4.95. The van der Waals surface area contributed by atoms with E-state index < -0.39 is 21.7 Å². The molecule has 19 heteroatoms. The highest BCUT2D eigenvalue weighted by molar-refractivity contribution is 7.91. The van der Waals surface area contributed by atoms with Crippen molar-refractivity contribution in [2.24, 2.45) is 7.05 Å². The van der Waals surface area contributed by atoms with Gasteiger partial charge in [0.15, 0.2) is 11.6 Å². The fraction of sp³-hybridized carbons (Fsp3) is 0.256. The third-order valence-electron chi connectivity index (χ3n) is 10.2. The summed E-state index contributed by atoms with van der Waals surface area (Å²) >= 11 is 0. The number of amides is 3. The number of rotatable bonds is 11. The van der Waals surface area contributed by atoms with Gasteiger partial charge in [0, 0.05) is 62.7 Å². The van der Waals surface area contributed by atoms with E-state index in [1.54, 1.807) is 29.2 Å². The Balaban J connectivity index is 0.869. The topological polar surface area (TPSA) is 198 Å². The van der Waals surface area contributed by atoms with Gasteiger partial charge in [-0.2, -0.15) is 19.7 Å². The number of fused-ring (bicyclic) bond motifs is 2. The van der Waals surface area contributed by atoms with Gasteiger partial charge in [0.2, 0.25) is 27.3 Å². The largest absolute Gasteiger partial charge is 0.485 e. The summed E-state index contributed by atoms with van der Waals surface area (Å²) < 4.78 is 52.3. The smallest absolute Gasteiger partial charge is 0.329 e. The lowest BCUT2D eigenvalue weighted by Crippen LogP contribution is -2.49. The molecule has 0 atom stereocenters. The Kier molecular flexibility index (Phi) is 9.11. The standard InChI is InChI=1S/C39H37FN12O5S/c1-22(2)57-35-34(25-16-42-43-17-25)41-21-52-37(35)46-38(48-52)44-31-10-8-28(15-30(31)40)58(55,56)27-6-4-5-23(13-27)18-50-19-26(20-50)24-7-9-29-32(14-24)49(3)47-36(29)51-12-11-33(53)45-39(51)54/h4-10,13-17,21-22,26H,11-12,18-20H2,1-3H3,(H,42,43)(H,44,48)(H,45,53,54). The number of ether oxygens (including phenoxy) is 1. The van der Waals surface area contributed by atoms with Crippen molar-refractivity contribution < 1.29 is 27.1 Å². The van der Waals surface area contributed by atoms with Gasteiger partial charge in [0.1, 0.15) is 17.8 Å². The Labute approximate surface area is 330 Å². The van der Waals surface area contributed by atoms with Gasteiger partial charge in [-0.1, -0.05) is 18.2 Å². The number of carbonyl (C=O) groups is 2. The number of aromatic nitrogens is 8. The summed E-state index contributed by atoms with van der Waals surface area (Å²) in [6.07, 6.45) is 4.77. The maximum Gasteiger partial charge on any atom is 0.329 e. The summed E-state index contributed by atoms with van der Waals surface area (Å²) in [6, 6.07) is 16.0. The molecule has 2 saturated heterocycles. The molecule has 2 aliphatic rings. The molecule has 3 amide bonds. The number of imide groups is 1. The second-order valence-electron chi connectivity index (χ2n) is 14.6. The summed E-state index contributed by atoms with van der Waals surface area (Å²) in [6.45, 7) is 6.07. The Morgan fingerprint density at radius 2 is 1.86 bits per heavy atom. The lowest BCUT2D eigenvalue weighted by molar-refractivity contribution is -0.120. The molecule has 296 valence electrons. The minimum atomic E-state index is -4.06. The van der Waals surface area contributed by atoms with Crippen LogP contribution in [0.3, 0.4) is 0 Å². The molecular formula is C39H37FN12O5S. The second-order valence-corrected chi connectivity index (χ2v) is 16.5. The molecule has 0 bridgehead atoms. The van der Waals surface area contributed by atoms with Gasteiger partial charge < -0.3 is 10.1 Å². The highest BCUT2D eigenvalue weighted by Crippen LogP contribution is 2.35. The number of anilines is 3. The first-order valence-corrected chi connectivity index (χ1v) is 20.0. The van der Waals surface area contributed by atoms with Crippen molar-refractivity contribution in [2.45, 2.75) is 48.6 Å². The van der Waals surface area contributed by atoms with E-state index in [4.69, 9.17) is 4.74 Å². The number of urea groups is 1. The quantitative estimate of drug-likeness (QED) is 0.159. The monoisotopic (exact) mass is 804 g/mol. The van der Waals surface area contributed by atoms with Crippen LogP contribution < -0.4 is 20.3 Å². The average Bonchev–Trinajstić information content (AvgIpc) is 3.93. The number of H-pyrrole nitrogens is 1. The zero-order chi connectivity index (χ0) is 40.3. The minimum absolute atomic E-state index is 0.0136. The second kappa shape index (κ2) is 14.3. The average molecular weight is 805 g/mol. The summed E-state index contributed by atoms with van der Waals surface area (Å²) in [5, 5.41) is 21.7. The van der Waals surface area contributed by atoms with E-state index in [1.165, 1.54) is 33.9 Å². The molecule has 58 heavy (non-hydrogen) atoms. The number of aryl methyl sites for hydroxylation is 1. The van der Waals surface area contributed by atoms with E-state index in [1.807, 2.05) is 39.1 Å². The normalized spacial score (nSPS) is 15.4. The van der Waals surface area contributed by atoms with Gasteiger partial charge in [-0.25, -0.2) is 22.6 Å². The number of aromatic amines is 1. The fourth-order valence-corrected chi connectivity index (χ4v) is 8.64. The van der Waals surface area contributed by atoms with Crippen molar-refractivity contribution in [3.8, 4) is 17.0 Å². The van der Waals surface area contributed by atoms with Crippen LogP contribution in [-0.4, -0.2) is 90.6 Å². The van der Waals surface area contributed by atoms with Crippen molar-refractivity contribution in [1.29, 1.82) is 0 Å². The third-order valence-corrected chi connectivity index (χ3v) is 11.9. The van der Waals surface area contributed by atoms with Crippen LogP contribution in [0, 0.1) is 5.82 Å². The Morgan fingerprint density at radius 1 is 1.03 bits per heavy atom. The maximum atomic E-state index is 15.6. The van der Waals surface area contributed by atoms with Crippen molar-refractivity contribution >= 4 is 55.8 Å². The Bertz CT molecular complexity index is 2850. The summed E-state index contributed by atoms with van der Waals surface area (Å²) in [5.74, 6) is 0.107. The van der Waals surface area contributed by atoms with Gasteiger partial charge in [-0.15, -0.1) is 5.10 Å². The number of nitrogens with one attached hydrogen (secondary N) is 3. The molecule has 3 aromatic carbocycles. The van der Waals surface area contributed by atoms with Crippen LogP contribution in [0.1, 0.15) is 37.3 Å². The summed E-state index contributed by atoms with van der Waals surface area (Å²) in [4.78, 5) is 36.7. The zero-order valence-corrected chi connectivity index (χ0v) is 32.4. The van der Waals surface area contributed by atoms with Crippen LogP contribution >= 0.6 is 0 Å². The first-order chi connectivity index (χ1) is 27.9. The van der Waals surface area contributed by atoms with Crippen molar-refractivity contribution in [3.05, 3.63) is 96.3 Å². The molecule has 0 unspecified atom stereocenters. The molecule has 0 spiro atoms. The van der Waals surface area contributed by atoms with Gasteiger partial charge in [0.25, 0.3) is 0 Å². The molecule has 3 N–H and O–H groups in total. The number of hydrogen-bond acceptors (Lipinski definition) is 12. The first kappa shape index (κ1) is 36.9. The molecule has 4 aromatic heterocycles. The molecular weight excluding hydrogens is 768 g/mol. The highest BCUT2D eigenvalue weighted by Gasteiger charge is 2.31. The minimum Gasteiger partial charge on any atom is -0.485 e. The molecule has 0 saturated carbocycles. The van der Waals surface area contributed by atoms with Crippen LogP contribution in [0.4, 0.5) is 26.6 Å². The maximum absolute atomic E-state index is 15.6. The molecule has 9 rings (SSSR count). The molecule has 7 aromatic rings. The van der Waals surface area contributed by atoms with Crippen LogP contribution in [-0.2, 0) is 28.2 Å². The number of likely N-dealkylation sites (tertiary alicyclic amines) is 1. The SMILES string of the molecule is CC(C)Oc1c(-c2cn[nH]c2)ncn2nc(Nc3ccc(S(=O)(=O)c4cccc(CN5CC(c6ccc7c(N8CCC(=O)NC8=O)nn(C)c7c6)C5)c4)cc3F)nc12. The lowest BCUT2D eigenvalue weighted by atomic mass is 9.90. The molecule has 2 aliphatic heterocycles.